The second-order valence-corrected chi connectivity index (χ2v) is 6.02. The van der Waals surface area contributed by atoms with Crippen LogP contribution in [0.2, 0.25) is 0 Å². The van der Waals surface area contributed by atoms with Gasteiger partial charge in [-0.25, -0.2) is 0 Å². The molecule has 1 aromatic carbocycles. The zero-order chi connectivity index (χ0) is 14.2. The number of hydrogen-bond donors (Lipinski definition) is 1. The van der Waals surface area contributed by atoms with Crippen molar-refractivity contribution in [2.24, 2.45) is 0 Å². The van der Waals surface area contributed by atoms with Crippen LogP contribution in [-0.2, 0) is 0 Å². The Morgan fingerprint density at radius 3 is 2.30 bits per heavy atom. The lowest BCUT2D eigenvalue weighted by Gasteiger charge is -2.32. The maximum atomic E-state index is 12.5. The van der Waals surface area contributed by atoms with Crippen LogP contribution in [-0.4, -0.2) is 28.1 Å². The highest BCUT2D eigenvalue weighted by atomic mass is 16.3. The molecule has 3 nitrogen and oxygen atoms in total. The molecule has 20 heavy (non-hydrogen) atoms. The van der Waals surface area contributed by atoms with Crippen LogP contribution in [0.1, 0.15) is 54.4 Å². The molecule has 0 radical (unpaired) electrons. The molecule has 1 fully saturated rings. The summed E-state index contributed by atoms with van der Waals surface area (Å²) in [7, 11) is 0. The van der Waals surface area contributed by atoms with Crippen LogP contribution in [0.25, 0.3) is 5.70 Å². The Bertz CT molecular complexity index is 507. The van der Waals surface area contributed by atoms with Gasteiger partial charge >= 0.3 is 0 Å². The van der Waals surface area contributed by atoms with E-state index in [1.165, 1.54) is 12.8 Å². The van der Waals surface area contributed by atoms with Crippen molar-refractivity contribution in [2.45, 2.75) is 44.1 Å². The van der Waals surface area contributed by atoms with Crippen molar-refractivity contribution in [3.63, 3.8) is 0 Å². The first-order valence-corrected chi connectivity index (χ1v) is 7.43. The lowest BCUT2D eigenvalue weighted by molar-refractivity contribution is 0.00547. The van der Waals surface area contributed by atoms with Crippen LogP contribution in [0.5, 0.6) is 0 Å². The number of benzene rings is 1. The number of amides is 1. The fraction of sp³-hybridized carbons (Fsp3) is 0.471. The van der Waals surface area contributed by atoms with Crippen LogP contribution in [0, 0.1) is 0 Å². The number of β-amino-alcohol motifs (C(OH)–C–C–N with tert-alkyl or cyclic N) is 1. The van der Waals surface area contributed by atoms with E-state index in [0.29, 0.717) is 12.1 Å². The molecule has 1 aliphatic carbocycles. The topological polar surface area (TPSA) is 40.5 Å². The number of carbonyl (C=O) groups excluding carboxylic acids is 1. The van der Waals surface area contributed by atoms with E-state index in [-0.39, 0.29) is 5.91 Å². The van der Waals surface area contributed by atoms with Crippen molar-refractivity contribution in [3.05, 3.63) is 42.0 Å². The Kier molecular flexibility index (Phi) is 3.38. The van der Waals surface area contributed by atoms with Gasteiger partial charge in [0.2, 0.25) is 0 Å². The van der Waals surface area contributed by atoms with Gasteiger partial charge in [-0.1, -0.05) is 50.5 Å². The minimum atomic E-state index is -0.753. The molecule has 1 heterocycles. The molecule has 0 bridgehead atoms. The molecule has 1 aromatic rings. The van der Waals surface area contributed by atoms with Crippen LogP contribution in [0.15, 0.2) is 30.8 Å². The molecule has 1 amide bonds. The summed E-state index contributed by atoms with van der Waals surface area (Å²) in [5, 5.41) is 10.8. The standard InChI is InChI=1S/C17H21NO2/c1-13-14-8-4-5-9-15(14)16(19)18(13)12-17(20)10-6-2-3-7-11-17/h4-5,8-9,20H,1-3,6-7,10-12H2. The molecule has 1 saturated carbocycles. The van der Waals surface area contributed by atoms with Gasteiger partial charge in [0, 0.05) is 16.8 Å². The van der Waals surface area contributed by atoms with E-state index in [1.54, 1.807) is 4.90 Å². The molecule has 1 aliphatic heterocycles. The molecule has 1 N–H and O–H groups in total. The van der Waals surface area contributed by atoms with Gasteiger partial charge in [0.15, 0.2) is 0 Å². The highest BCUT2D eigenvalue weighted by Crippen LogP contribution is 2.35. The van der Waals surface area contributed by atoms with Gasteiger partial charge in [0.05, 0.1) is 12.1 Å². The highest BCUT2D eigenvalue weighted by Gasteiger charge is 2.37. The van der Waals surface area contributed by atoms with E-state index in [1.807, 2.05) is 24.3 Å². The van der Waals surface area contributed by atoms with Crippen molar-refractivity contribution in [1.29, 1.82) is 0 Å². The second-order valence-electron chi connectivity index (χ2n) is 6.02. The summed E-state index contributed by atoms with van der Waals surface area (Å²) in [6.45, 7) is 4.42. The zero-order valence-electron chi connectivity index (χ0n) is 11.8. The average Bonchev–Trinajstić information content (AvgIpc) is 2.62. The summed E-state index contributed by atoms with van der Waals surface area (Å²) in [6.07, 6.45) is 5.99. The Morgan fingerprint density at radius 2 is 1.70 bits per heavy atom. The maximum absolute atomic E-state index is 12.5. The Morgan fingerprint density at radius 1 is 1.10 bits per heavy atom. The summed E-state index contributed by atoms with van der Waals surface area (Å²) in [6, 6.07) is 7.54. The largest absolute Gasteiger partial charge is 0.388 e. The van der Waals surface area contributed by atoms with Crippen molar-refractivity contribution in [1.82, 2.24) is 4.90 Å². The van der Waals surface area contributed by atoms with Crippen molar-refractivity contribution in [3.8, 4) is 0 Å². The van der Waals surface area contributed by atoms with Gasteiger partial charge in [0.25, 0.3) is 5.91 Å². The van der Waals surface area contributed by atoms with E-state index >= 15 is 0 Å². The molecular weight excluding hydrogens is 250 g/mol. The number of hydrogen-bond acceptors (Lipinski definition) is 2. The third-order valence-electron chi connectivity index (χ3n) is 4.53. The molecule has 0 aromatic heterocycles. The lowest BCUT2D eigenvalue weighted by atomic mass is 9.94. The zero-order valence-corrected chi connectivity index (χ0v) is 11.8. The van der Waals surface area contributed by atoms with Crippen molar-refractivity contribution >= 4 is 11.6 Å². The van der Waals surface area contributed by atoms with Gasteiger partial charge in [-0.2, -0.15) is 0 Å². The molecule has 3 rings (SSSR count). The van der Waals surface area contributed by atoms with Gasteiger partial charge in [-0.05, 0) is 18.9 Å². The first-order chi connectivity index (χ1) is 9.61. The van der Waals surface area contributed by atoms with E-state index in [4.69, 9.17) is 0 Å². The summed E-state index contributed by atoms with van der Waals surface area (Å²) >= 11 is 0. The van der Waals surface area contributed by atoms with Crippen molar-refractivity contribution in [2.75, 3.05) is 6.54 Å². The minimum Gasteiger partial charge on any atom is -0.388 e. The molecule has 106 valence electrons. The number of fused-ring (bicyclic) bond motifs is 1. The fourth-order valence-corrected chi connectivity index (χ4v) is 3.34. The fourth-order valence-electron chi connectivity index (χ4n) is 3.34. The Labute approximate surface area is 119 Å². The van der Waals surface area contributed by atoms with Gasteiger partial charge in [0.1, 0.15) is 0 Å². The summed E-state index contributed by atoms with van der Waals surface area (Å²) in [5.41, 5.74) is 1.57. The summed E-state index contributed by atoms with van der Waals surface area (Å²) in [5.74, 6) is -0.0247. The van der Waals surface area contributed by atoms with E-state index in [2.05, 4.69) is 6.58 Å². The number of nitrogens with zero attached hydrogens (tertiary/aromatic N) is 1. The van der Waals surface area contributed by atoms with E-state index in [0.717, 1.165) is 36.9 Å². The van der Waals surface area contributed by atoms with E-state index < -0.39 is 5.60 Å². The van der Waals surface area contributed by atoms with Crippen LogP contribution in [0.3, 0.4) is 0 Å². The molecular formula is C17H21NO2. The molecule has 3 heteroatoms. The maximum Gasteiger partial charge on any atom is 0.259 e. The summed E-state index contributed by atoms with van der Waals surface area (Å²) in [4.78, 5) is 14.1. The quantitative estimate of drug-likeness (QED) is 0.839. The Balaban J connectivity index is 1.82. The van der Waals surface area contributed by atoms with Crippen LogP contribution in [0.4, 0.5) is 0 Å². The molecule has 0 saturated heterocycles. The average molecular weight is 271 g/mol. The molecule has 0 unspecified atom stereocenters. The normalized spacial score (nSPS) is 21.8. The second kappa shape index (κ2) is 5.06. The Hall–Kier alpha value is -1.61. The minimum absolute atomic E-state index is 0.0247. The number of carbonyl (C=O) groups is 1. The van der Waals surface area contributed by atoms with Crippen molar-refractivity contribution < 1.29 is 9.90 Å². The van der Waals surface area contributed by atoms with Gasteiger partial charge < -0.3 is 10.0 Å². The SMILES string of the molecule is C=C1c2ccccc2C(=O)N1CC1(O)CCCCCC1. The molecule has 0 atom stereocenters. The smallest absolute Gasteiger partial charge is 0.259 e. The molecule has 2 aliphatic rings. The third-order valence-corrected chi connectivity index (χ3v) is 4.53. The highest BCUT2D eigenvalue weighted by molar-refractivity contribution is 6.08. The predicted octanol–water partition coefficient (Wildman–Crippen LogP) is 3.20. The van der Waals surface area contributed by atoms with Gasteiger partial charge in [-0.3, -0.25) is 4.79 Å². The van der Waals surface area contributed by atoms with E-state index in [9.17, 15) is 9.90 Å². The number of aliphatic hydroxyl groups is 1. The number of rotatable bonds is 2. The van der Waals surface area contributed by atoms with Gasteiger partial charge in [-0.15, -0.1) is 0 Å². The summed E-state index contributed by atoms with van der Waals surface area (Å²) < 4.78 is 0. The van der Waals surface area contributed by atoms with Crippen LogP contribution >= 0.6 is 0 Å². The van der Waals surface area contributed by atoms with Crippen LogP contribution < -0.4 is 0 Å². The first kappa shape index (κ1) is 13.4. The predicted molar refractivity (Wildman–Crippen MR) is 79.2 cm³/mol. The molecule has 0 spiro atoms. The monoisotopic (exact) mass is 271 g/mol. The first-order valence-electron chi connectivity index (χ1n) is 7.43. The lowest BCUT2D eigenvalue weighted by Crippen LogP contribution is -2.42. The third kappa shape index (κ3) is 2.27.